The second kappa shape index (κ2) is 12.2. The molecule has 0 aliphatic carbocycles. The van der Waals surface area contributed by atoms with Crippen LogP contribution >= 0.6 is 0 Å². The fraction of sp³-hybridized carbons (Fsp3) is 0.714. The van der Waals surface area contributed by atoms with Crippen LogP contribution in [0.15, 0.2) is 23.9 Å². The number of rotatable bonds is 4. The van der Waals surface area contributed by atoms with Gasteiger partial charge in [0.25, 0.3) is 0 Å². The molecule has 7 heteroatoms. The molecule has 0 bridgehead atoms. The molecule has 2 heterocycles. The maximum Gasteiger partial charge on any atom is 1.00 e. The summed E-state index contributed by atoms with van der Waals surface area (Å²) in [4.78, 5) is 0. The van der Waals surface area contributed by atoms with Gasteiger partial charge in [0.05, 0.1) is 0 Å². The van der Waals surface area contributed by atoms with Gasteiger partial charge in [0.2, 0.25) is 0 Å². The van der Waals surface area contributed by atoms with Gasteiger partial charge in [-0.2, -0.15) is 0 Å². The van der Waals surface area contributed by atoms with Crippen LogP contribution in [0.1, 0.15) is 19.3 Å². The Bertz CT molecular complexity index is 316. The van der Waals surface area contributed by atoms with E-state index in [1.54, 1.807) is 18.2 Å². The van der Waals surface area contributed by atoms with Crippen molar-refractivity contribution in [3.63, 3.8) is 0 Å². The first-order valence-electron chi connectivity index (χ1n) is 6.95. The van der Waals surface area contributed by atoms with Crippen molar-refractivity contribution in [2.75, 3.05) is 26.4 Å². The summed E-state index contributed by atoms with van der Waals surface area (Å²) in [7, 11) is 0. The third-order valence-corrected chi connectivity index (χ3v) is 3.22. The molecule has 1 fully saturated rings. The maximum atomic E-state index is 8.73. The van der Waals surface area contributed by atoms with Crippen molar-refractivity contribution in [2.45, 2.75) is 37.4 Å². The van der Waals surface area contributed by atoms with E-state index in [1.807, 2.05) is 0 Å². The molecule has 1 saturated heterocycles. The number of hydrogen-bond acceptors (Lipinski definition) is 4. The summed E-state index contributed by atoms with van der Waals surface area (Å²) in [6, 6.07) is 0.0175. The number of hydrogen-bond donors (Lipinski definition) is 4. The van der Waals surface area contributed by atoms with Gasteiger partial charge in [0, 0.05) is 26.4 Å². The van der Waals surface area contributed by atoms with Gasteiger partial charge >= 0.3 is 17.1 Å². The van der Waals surface area contributed by atoms with Crippen LogP contribution in [0.2, 0.25) is 0 Å². The third kappa shape index (κ3) is 7.97. The van der Waals surface area contributed by atoms with Crippen molar-refractivity contribution < 1.29 is 37.5 Å². The molecule has 0 spiro atoms. The SMILES string of the molecule is OCC1=CC=CC(CO)[N-]1.OCC1CCCC(CO)[N-]1.[Cu+]. The number of allylic oxidation sites excluding steroid dienone is 2. The van der Waals surface area contributed by atoms with E-state index in [0.29, 0.717) is 5.70 Å². The van der Waals surface area contributed by atoms with Gasteiger partial charge in [0.15, 0.2) is 0 Å². The fourth-order valence-corrected chi connectivity index (χ4v) is 2.10. The summed E-state index contributed by atoms with van der Waals surface area (Å²) in [6.07, 6.45) is 8.35. The largest absolute Gasteiger partial charge is 1.00 e. The molecule has 3 unspecified atom stereocenters. The summed E-state index contributed by atoms with van der Waals surface area (Å²) in [5.41, 5.74) is 0.626. The van der Waals surface area contributed by atoms with Crippen LogP contribution in [0.5, 0.6) is 0 Å². The Morgan fingerprint density at radius 3 is 2.10 bits per heavy atom. The molecular weight excluding hydrogens is 324 g/mol. The molecule has 0 aromatic carbocycles. The Kier molecular flexibility index (Phi) is 11.9. The first kappa shape index (κ1) is 20.6. The van der Waals surface area contributed by atoms with Crippen LogP contribution in [0, 0.1) is 0 Å². The molecule has 6 nitrogen and oxygen atoms in total. The van der Waals surface area contributed by atoms with E-state index >= 15 is 0 Å². The van der Waals surface area contributed by atoms with Gasteiger partial charge in [-0.15, -0.1) is 17.8 Å². The van der Waals surface area contributed by atoms with Crippen molar-refractivity contribution in [1.82, 2.24) is 0 Å². The Labute approximate surface area is 136 Å². The molecule has 2 aliphatic rings. The normalized spacial score (nSPS) is 27.6. The Morgan fingerprint density at radius 1 is 1.00 bits per heavy atom. The Morgan fingerprint density at radius 2 is 1.62 bits per heavy atom. The van der Waals surface area contributed by atoms with Gasteiger partial charge in [-0.3, -0.25) is 0 Å². The zero-order valence-corrected chi connectivity index (χ0v) is 12.8. The predicted octanol–water partition coefficient (Wildman–Crippen LogP) is 0.430. The van der Waals surface area contributed by atoms with E-state index in [-0.39, 0.29) is 61.6 Å². The monoisotopic (exact) mass is 347 g/mol. The molecule has 0 aromatic heterocycles. The van der Waals surface area contributed by atoms with E-state index < -0.39 is 0 Å². The summed E-state index contributed by atoms with van der Waals surface area (Å²) in [5, 5.41) is 42.9. The van der Waals surface area contributed by atoms with Crippen LogP contribution in [0.3, 0.4) is 0 Å². The average Bonchev–Trinajstić information content (AvgIpc) is 2.55. The fourth-order valence-electron chi connectivity index (χ4n) is 2.10. The number of nitrogens with zero attached hydrogens (tertiary/aromatic N) is 2. The summed E-state index contributed by atoms with van der Waals surface area (Å²) < 4.78 is 0. The van der Waals surface area contributed by atoms with Crippen LogP contribution in [0.4, 0.5) is 0 Å². The van der Waals surface area contributed by atoms with Crippen LogP contribution in [-0.4, -0.2) is 65.0 Å². The van der Waals surface area contributed by atoms with Crippen molar-refractivity contribution in [3.8, 4) is 0 Å². The summed E-state index contributed by atoms with van der Waals surface area (Å²) in [5.74, 6) is 0. The minimum atomic E-state index is -0.160. The second-order valence-electron chi connectivity index (χ2n) is 4.83. The van der Waals surface area contributed by atoms with Crippen molar-refractivity contribution in [1.29, 1.82) is 0 Å². The smallest absolute Gasteiger partial charge is 0.678 e. The Hall–Kier alpha value is -0.401. The van der Waals surface area contributed by atoms with Crippen LogP contribution < -0.4 is 0 Å². The van der Waals surface area contributed by atoms with Crippen molar-refractivity contribution in [3.05, 3.63) is 34.6 Å². The molecule has 126 valence electrons. The third-order valence-electron chi connectivity index (χ3n) is 3.22. The van der Waals surface area contributed by atoms with Gasteiger partial charge in [-0.1, -0.05) is 43.5 Å². The quantitative estimate of drug-likeness (QED) is 0.553. The summed E-state index contributed by atoms with van der Waals surface area (Å²) in [6.45, 7) is 0.224. The van der Waals surface area contributed by atoms with E-state index in [2.05, 4.69) is 10.6 Å². The number of aliphatic hydroxyl groups excluding tert-OH is 4. The number of aliphatic hydroxyl groups is 4. The molecule has 4 N–H and O–H groups in total. The minimum Gasteiger partial charge on any atom is -0.678 e. The topological polar surface area (TPSA) is 109 Å². The molecule has 21 heavy (non-hydrogen) atoms. The first-order valence-corrected chi connectivity index (χ1v) is 6.95. The molecule has 0 saturated carbocycles. The second-order valence-corrected chi connectivity index (χ2v) is 4.83. The maximum absolute atomic E-state index is 8.73. The van der Waals surface area contributed by atoms with Gasteiger partial charge in [-0.25, -0.2) is 0 Å². The summed E-state index contributed by atoms with van der Waals surface area (Å²) >= 11 is 0. The van der Waals surface area contributed by atoms with Crippen molar-refractivity contribution in [2.24, 2.45) is 0 Å². The zero-order valence-electron chi connectivity index (χ0n) is 11.9. The van der Waals surface area contributed by atoms with Crippen molar-refractivity contribution >= 4 is 0 Å². The van der Waals surface area contributed by atoms with Gasteiger partial charge in [0.1, 0.15) is 0 Å². The molecule has 0 amide bonds. The Balaban J connectivity index is 0.000000364. The van der Waals surface area contributed by atoms with Gasteiger partial charge in [-0.05, 0) is 0 Å². The first-order chi connectivity index (χ1) is 9.73. The molecular formula is C14H24CuN2O4-. The molecule has 3 atom stereocenters. The van der Waals surface area contributed by atoms with Crippen LogP contribution in [0.25, 0.3) is 10.6 Å². The standard InChI is InChI=1S/C7H14NO2.C7H10NO2.Cu/c2*9-4-6-2-1-3-7(5-10)8-6;/h6-7,9-10H,1-5H2;1-3,6,9-10H,4-5H2;/q2*-1;+1. The average molecular weight is 348 g/mol. The zero-order chi connectivity index (χ0) is 14.8. The van der Waals surface area contributed by atoms with E-state index in [0.717, 1.165) is 19.3 Å². The van der Waals surface area contributed by atoms with Crippen LogP contribution in [-0.2, 0) is 17.1 Å². The molecule has 0 aromatic rings. The molecule has 2 aliphatic heterocycles. The number of piperidine rings is 1. The molecule has 2 rings (SSSR count). The van der Waals surface area contributed by atoms with Gasteiger partial charge < -0.3 is 31.1 Å². The van der Waals surface area contributed by atoms with E-state index in [1.165, 1.54) is 0 Å². The van der Waals surface area contributed by atoms with E-state index in [4.69, 9.17) is 20.4 Å². The minimum absolute atomic E-state index is 0. The predicted molar refractivity (Wildman–Crippen MR) is 77.5 cm³/mol. The van der Waals surface area contributed by atoms with E-state index in [9.17, 15) is 0 Å². The molecule has 0 radical (unpaired) electrons.